The molecular formula is C14H13BrClNS. The van der Waals surface area contributed by atoms with Crippen LogP contribution >= 0.6 is 39.3 Å². The van der Waals surface area contributed by atoms with Crippen molar-refractivity contribution < 1.29 is 0 Å². The van der Waals surface area contributed by atoms with Gasteiger partial charge in [0.15, 0.2) is 0 Å². The average molecular weight is 343 g/mol. The third-order valence-corrected chi connectivity index (χ3v) is 4.36. The van der Waals surface area contributed by atoms with Gasteiger partial charge in [0.1, 0.15) is 0 Å². The summed E-state index contributed by atoms with van der Waals surface area (Å²) in [5, 5.41) is 0.760. The largest absolute Gasteiger partial charge is 0.330 e. The molecule has 2 aromatic carbocycles. The maximum Gasteiger partial charge on any atom is 0.0417 e. The van der Waals surface area contributed by atoms with Gasteiger partial charge in [0, 0.05) is 19.3 Å². The van der Waals surface area contributed by atoms with E-state index in [0.717, 1.165) is 15.9 Å². The first-order chi connectivity index (χ1) is 8.69. The molecule has 0 fully saturated rings. The molecule has 0 saturated heterocycles. The molecule has 0 heterocycles. The monoisotopic (exact) mass is 341 g/mol. The third-order valence-electron chi connectivity index (χ3n) is 2.48. The van der Waals surface area contributed by atoms with Gasteiger partial charge in [0.25, 0.3) is 0 Å². The SMILES string of the molecule is NCCc1ccc(Cl)cc1Sc1ccc(Br)cc1. The highest BCUT2D eigenvalue weighted by molar-refractivity contribution is 9.10. The van der Waals surface area contributed by atoms with Crippen molar-refractivity contribution in [2.24, 2.45) is 5.73 Å². The van der Waals surface area contributed by atoms with E-state index in [4.69, 9.17) is 17.3 Å². The van der Waals surface area contributed by atoms with Crippen molar-refractivity contribution in [2.75, 3.05) is 6.54 Å². The standard InChI is InChI=1S/C14H13BrClNS/c15-11-2-5-13(6-3-11)18-14-9-12(16)4-1-10(14)7-8-17/h1-6,9H,7-8,17H2. The zero-order valence-electron chi connectivity index (χ0n) is 9.70. The molecule has 0 aliphatic rings. The zero-order chi connectivity index (χ0) is 13.0. The first kappa shape index (κ1) is 13.9. The quantitative estimate of drug-likeness (QED) is 0.867. The van der Waals surface area contributed by atoms with E-state index in [2.05, 4.69) is 34.1 Å². The van der Waals surface area contributed by atoms with Gasteiger partial charge >= 0.3 is 0 Å². The third kappa shape index (κ3) is 3.75. The van der Waals surface area contributed by atoms with Gasteiger partial charge in [-0.05, 0) is 54.9 Å². The molecule has 0 aromatic heterocycles. The molecule has 4 heteroatoms. The highest BCUT2D eigenvalue weighted by Gasteiger charge is 2.05. The molecule has 2 aromatic rings. The smallest absolute Gasteiger partial charge is 0.0417 e. The first-order valence-corrected chi connectivity index (χ1v) is 7.59. The minimum Gasteiger partial charge on any atom is -0.330 e. The fraction of sp³-hybridized carbons (Fsp3) is 0.143. The van der Waals surface area contributed by atoms with Gasteiger partial charge in [0.05, 0.1) is 0 Å². The molecule has 0 unspecified atom stereocenters. The van der Waals surface area contributed by atoms with E-state index in [-0.39, 0.29) is 0 Å². The van der Waals surface area contributed by atoms with E-state index in [1.807, 2.05) is 24.3 Å². The molecule has 0 saturated carbocycles. The summed E-state index contributed by atoms with van der Waals surface area (Å²) < 4.78 is 1.08. The lowest BCUT2D eigenvalue weighted by Gasteiger charge is -2.09. The topological polar surface area (TPSA) is 26.0 Å². The summed E-state index contributed by atoms with van der Waals surface area (Å²) in [6, 6.07) is 14.2. The van der Waals surface area contributed by atoms with Gasteiger partial charge in [-0.1, -0.05) is 45.4 Å². The van der Waals surface area contributed by atoms with Crippen LogP contribution in [0.25, 0.3) is 0 Å². The summed E-state index contributed by atoms with van der Waals surface area (Å²) in [5.41, 5.74) is 6.88. The van der Waals surface area contributed by atoms with Crippen LogP contribution in [0.5, 0.6) is 0 Å². The molecule has 0 aliphatic carbocycles. The van der Waals surface area contributed by atoms with Crippen LogP contribution in [-0.2, 0) is 6.42 Å². The summed E-state index contributed by atoms with van der Waals surface area (Å²) >= 11 is 11.2. The normalized spacial score (nSPS) is 10.6. The predicted octanol–water partition coefficient (Wildman–Crippen LogP) is 4.75. The second kappa shape index (κ2) is 6.62. The Kier molecular flexibility index (Phi) is 5.13. The Balaban J connectivity index is 2.26. The van der Waals surface area contributed by atoms with E-state index in [9.17, 15) is 0 Å². The zero-order valence-corrected chi connectivity index (χ0v) is 12.9. The lowest BCUT2D eigenvalue weighted by Crippen LogP contribution is -2.03. The molecule has 0 spiro atoms. The highest BCUT2D eigenvalue weighted by atomic mass is 79.9. The van der Waals surface area contributed by atoms with Gasteiger partial charge in [-0.15, -0.1) is 0 Å². The van der Waals surface area contributed by atoms with Gasteiger partial charge < -0.3 is 5.73 Å². The molecule has 94 valence electrons. The van der Waals surface area contributed by atoms with Crippen molar-refractivity contribution in [2.45, 2.75) is 16.2 Å². The van der Waals surface area contributed by atoms with Crippen LogP contribution in [0.2, 0.25) is 5.02 Å². The van der Waals surface area contributed by atoms with Crippen LogP contribution in [0.3, 0.4) is 0 Å². The highest BCUT2D eigenvalue weighted by Crippen LogP contribution is 2.33. The predicted molar refractivity (Wildman–Crippen MR) is 82.5 cm³/mol. The number of hydrogen-bond acceptors (Lipinski definition) is 2. The Bertz CT molecular complexity index is 528. The fourth-order valence-electron chi connectivity index (χ4n) is 1.62. The second-order valence-corrected chi connectivity index (χ2v) is 6.31. The maximum absolute atomic E-state index is 6.06. The van der Waals surface area contributed by atoms with Gasteiger partial charge in [-0.3, -0.25) is 0 Å². The molecule has 0 atom stereocenters. The Morgan fingerprint density at radius 1 is 1.11 bits per heavy atom. The summed E-state index contributed by atoms with van der Waals surface area (Å²) in [5.74, 6) is 0. The molecule has 0 aliphatic heterocycles. The number of hydrogen-bond donors (Lipinski definition) is 1. The minimum atomic E-state index is 0.648. The van der Waals surface area contributed by atoms with Crippen molar-refractivity contribution in [1.82, 2.24) is 0 Å². The Labute approximate surface area is 125 Å². The van der Waals surface area contributed by atoms with Crippen molar-refractivity contribution in [3.63, 3.8) is 0 Å². The van der Waals surface area contributed by atoms with Gasteiger partial charge in [0.2, 0.25) is 0 Å². The summed E-state index contributed by atoms with van der Waals surface area (Å²) in [7, 11) is 0. The lowest BCUT2D eigenvalue weighted by atomic mass is 10.1. The van der Waals surface area contributed by atoms with Crippen LogP contribution in [0, 0.1) is 0 Å². The molecule has 1 nitrogen and oxygen atoms in total. The van der Waals surface area contributed by atoms with Crippen LogP contribution < -0.4 is 5.73 Å². The minimum absolute atomic E-state index is 0.648. The van der Waals surface area contributed by atoms with E-state index < -0.39 is 0 Å². The van der Waals surface area contributed by atoms with Crippen LogP contribution in [0.4, 0.5) is 0 Å². The average Bonchev–Trinajstić information content (AvgIpc) is 2.36. The molecule has 18 heavy (non-hydrogen) atoms. The summed E-state index contributed by atoms with van der Waals surface area (Å²) in [4.78, 5) is 2.37. The van der Waals surface area contributed by atoms with E-state index in [1.165, 1.54) is 15.4 Å². The summed E-state index contributed by atoms with van der Waals surface area (Å²) in [6.07, 6.45) is 0.871. The number of nitrogens with two attached hydrogens (primary N) is 1. The molecule has 0 amide bonds. The number of rotatable bonds is 4. The van der Waals surface area contributed by atoms with Crippen molar-refractivity contribution in [3.05, 3.63) is 57.5 Å². The molecule has 0 radical (unpaired) electrons. The molecule has 2 rings (SSSR count). The fourth-order valence-corrected chi connectivity index (χ4v) is 3.13. The Hall–Kier alpha value is -0.480. The van der Waals surface area contributed by atoms with Gasteiger partial charge in [-0.2, -0.15) is 0 Å². The summed E-state index contributed by atoms with van der Waals surface area (Å²) in [6.45, 7) is 0.648. The molecular weight excluding hydrogens is 330 g/mol. The van der Waals surface area contributed by atoms with Crippen LogP contribution in [0.15, 0.2) is 56.7 Å². The maximum atomic E-state index is 6.06. The van der Waals surface area contributed by atoms with E-state index in [0.29, 0.717) is 6.54 Å². The lowest BCUT2D eigenvalue weighted by molar-refractivity contribution is 0.944. The van der Waals surface area contributed by atoms with Crippen molar-refractivity contribution >= 4 is 39.3 Å². The van der Waals surface area contributed by atoms with Crippen molar-refractivity contribution in [1.29, 1.82) is 0 Å². The van der Waals surface area contributed by atoms with Crippen LogP contribution in [0.1, 0.15) is 5.56 Å². The van der Waals surface area contributed by atoms with Gasteiger partial charge in [-0.25, -0.2) is 0 Å². The molecule has 0 bridgehead atoms. The first-order valence-electron chi connectivity index (χ1n) is 5.61. The van der Waals surface area contributed by atoms with Crippen molar-refractivity contribution in [3.8, 4) is 0 Å². The molecule has 2 N–H and O–H groups in total. The number of halogens is 2. The van der Waals surface area contributed by atoms with Crippen LogP contribution in [-0.4, -0.2) is 6.54 Å². The van der Waals surface area contributed by atoms with E-state index >= 15 is 0 Å². The number of benzene rings is 2. The second-order valence-electron chi connectivity index (χ2n) is 3.85. The Morgan fingerprint density at radius 2 is 1.83 bits per heavy atom. The van der Waals surface area contributed by atoms with E-state index in [1.54, 1.807) is 11.8 Å². The Morgan fingerprint density at radius 3 is 2.50 bits per heavy atom.